The molecule has 36 heavy (non-hydrogen) atoms. The van der Waals surface area contributed by atoms with E-state index in [0.717, 1.165) is 28.8 Å². The van der Waals surface area contributed by atoms with E-state index in [0.29, 0.717) is 17.0 Å². The Kier molecular flexibility index (Phi) is 6.00. The van der Waals surface area contributed by atoms with Crippen molar-refractivity contribution in [3.63, 3.8) is 0 Å². The van der Waals surface area contributed by atoms with Crippen molar-refractivity contribution in [2.24, 2.45) is 4.99 Å². The molecule has 5 rings (SSSR count). The van der Waals surface area contributed by atoms with E-state index < -0.39 is 17.6 Å². The van der Waals surface area contributed by atoms with Crippen LogP contribution >= 0.6 is 0 Å². The summed E-state index contributed by atoms with van der Waals surface area (Å²) in [6.45, 7) is 2.14. The summed E-state index contributed by atoms with van der Waals surface area (Å²) in [5.41, 5.74) is 3.92. The molecule has 0 N–H and O–H groups in total. The Morgan fingerprint density at radius 3 is 2.25 bits per heavy atom. The number of ether oxygens (including phenoxy) is 1. The quantitative estimate of drug-likeness (QED) is 0.272. The number of alkyl halides is 3. The van der Waals surface area contributed by atoms with Gasteiger partial charge in [-0.3, -0.25) is 0 Å². The lowest BCUT2D eigenvalue weighted by Gasteiger charge is -2.32. The van der Waals surface area contributed by atoms with Gasteiger partial charge in [0.2, 0.25) is 0 Å². The van der Waals surface area contributed by atoms with Crippen LogP contribution in [0.2, 0.25) is 0 Å². The van der Waals surface area contributed by atoms with Crippen LogP contribution in [0.3, 0.4) is 0 Å². The molecule has 0 atom stereocenters. The first-order chi connectivity index (χ1) is 17.2. The Labute approximate surface area is 206 Å². The average molecular weight is 491 g/mol. The highest BCUT2D eigenvalue weighted by Gasteiger charge is 2.33. The first-order valence-electron chi connectivity index (χ1n) is 11.3. The SMILES string of the molecule is COc1ccc(C(F)(F)F)cc1N1Cc2cccc(F)c2N=C1c1ccc(-c2cccc(C)c2)cc1. The van der Waals surface area contributed by atoms with Gasteiger partial charge in [0.05, 0.1) is 24.9 Å². The predicted octanol–water partition coefficient (Wildman–Crippen LogP) is 7.93. The molecule has 0 radical (unpaired) electrons. The van der Waals surface area contributed by atoms with Gasteiger partial charge >= 0.3 is 6.18 Å². The monoisotopic (exact) mass is 490 g/mol. The van der Waals surface area contributed by atoms with E-state index in [1.807, 2.05) is 49.4 Å². The zero-order chi connectivity index (χ0) is 25.4. The van der Waals surface area contributed by atoms with Crippen LogP contribution in [-0.2, 0) is 12.7 Å². The molecule has 0 aliphatic carbocycles. The van der Waals surface area contributed by atoms with Gasteiger partial charge < -0.3 is 9.64 Å². The fourth-order valence-electron chi connectivity index (χ4n) is 4.36. The summed E-state index contributed by atoms with van der Waals surface area (Å²) in [6, 6.07) is 23.5. The number of aryl methyl sites for hydroxylation is 1. The first kappa shape index (κ1) is 23.6. The number of para-hydroxylation sites is 1. The summed E-state index contributed by atoms with van der Waals surface area (Å²) >= 11 is 0. The Morgan fingerprint density at radius 1 is 0.833 bits per heavy atom. The smallest absolute Gasteiger partial charge is 0.416 e. The Balaban J connectivity index is 1.65. The lowest BCUT2D eigenvalue weighted by atomic mass is 10.0. The van der Waals surface area contributed by atoms with E-state index in [-0.39, 0.29) is 23.7 Å². The summed E-state index contributed by atoms with van der Waals surface area (Å²) in [6.07, 6.45) is -4.53. The number of methoxy groups -OCH3 is 1. The minimum absolute atomic E-state index is 0.128. The van der Waals surface area contributed by atoms with E-state index >= 15 is 0 Å². The first-order valence-corrected chi connectivity index (χ1v) is 11.3. The van der Waals surface area contributed by atoms with Gasteiger partial charge in [-0.25, -0.2) is 9.38 Å². The van der Waals surface area contributed by atoms with Crippen LogP contribution < -0.4 is 9.64 Å². The average Bonchev–Trinajstić information content (AvgIpc) is 2.87. The third kappa shape index (κ3) is 4.44. The van der Waals surface area contributed by atoms with Gasteiger partial charge in [0.15, 0.2) is 0 Å². The van der Waals surface area contributed by atoms with Crippen molar-refractivity contribution < 1.29 is 22.3 Å². The minimum Gasteiger partial charge on any atom is -0.495 e. The molecule has 0 unspecified atom stereocenters. The molecule has 0 fully saturated rings. The van der Waals surface area contributed by atoms with Crippen LogP contribution in [0, 0.1) is 12.7 Å². The van der Waals surface area contributed by atoms with Crippen LogP contribution in [-0.4, -0.2) is 12.9 Å². The molecular formula is C29H22F4N2O. The van der Waals surface area contributed by atoms with E-state index in [2.05, 4.69) is 11.1 Å². The standard InChI is InChI=1S/C29H22F4N2O/c1-18-5-3-6-21(15-18)19-9-11-20(12-10-19)28-34-27-22(7-4-8-24(27)30)17-35(28)25-16-23(29(31,32)33)13-14-26(25)36-2/h3-16H,17H2,1-2H3. The number of rotatable bonds is 4. The molecule has 1 aliphatic heterocycles. The maximum Gasteiger partial charge on any atom is 0.416 e. The van der Waals surface area contributed by atoms with Crippen LogP contribution in [0.25, 0.3) is 11.1 Å². The van der Waals surface area contributed by atoms with Gasteiger partial charge in [-0.05, 0) is 42.3 Å². The third-order valence-corrected chi connectivity index (χ3v) is 6.16. The predicted molar refractivity (Wildman–Crippen MR) is 133 cm³/mol. The fourth-order valence-corrected chi connectivity index (χ4v) is 4.36. The molecule has 4 aromatic carbocycles. The molecule has 0 spiro atoms. The second kappa shape index (κ2) is 9.15. The molecule has 0 amide bonds. The largest absolute Gasteiger partial charge is 0.495 e. The van der Waals surface area contributed by atoms with Crippen LogP contribution in [0.5, 0.6) is 5.75 Å². The number of fused-ring (bicyclic) bond motifs is 1. The second-order valence-electron chi connectivity index (χ2n) is 8.60. The van der Waals surface area contributed by atoms with Gasteiger partial charge in [-0.15, -0.1) is 0 Å². The van der Waals surface area contributed by atoms with Crippen molar-refractivity contribution in [2.75, 3.05) is 12.0 Å². The van der Waals surface area contributed by atoms with Crippen molar-refractivity contribution in [1.82, 2.24) is 0 Å². The molecule has 0 saturated carbocycles. The molecular weight excluding hydrogens is 468 g/mol. The van der Waals surface area contributed by atoms with Crippen molar-refractivity contribution in [3.8, 4) is 16.9 Å². The zero-order valence-electron chi connectivity index (χ0n) is 19.6. The zero-order valence-corrected chi connectivity index (χ0v) is 19.6. The number of halogens is 4. The van der Waals surface area contributed by atoms with Crippen molar-refractivity contribution >= 4 is 17.2 Å². The Hall–Kier alpha value is -4.13. The lowest BCUT2D eigenvalue weighted by molar-refractivity contribution is -0.137. The molecule has 0 saturated heterocycles. The summed E-state index contributed by atoms with van der Waals surface area (Å²) in [5.74, 6) is 0.102. The van der Waals surface area contributed by atoms with E-state index in [4.69, 9.17) is 4.74 Å². The fraction of sp³-hybridized carbons (Fsp3) is 0.138. The molecule has 0 aromatic heterocycles. The maximum absolute atomic E-state index is 14.7. The molecule has 4 aromatic rings. The van der Waals surface area contributed by atoms with Gasteiger partial charge in [-0.2, -0.15) is 13.2 Å². The van der Waals surface area contributed by atoms with Crippen LogP contribution in [0.15, 0.2) is 89.9 Å². The molecule has 1 aliphatic rings. The highest BCUT2D eigenvalue weighted by molar-refractivity contribution is 6.13. The number of amidine groups is 1. The van der Waals surface area contributed by atoms with Gasteiger partial charge in [0.1, 0.15) is 23.1 Å². The molecule has 182 valence electrons. The number of nitrogens with zero attached hydrogens (tertiary/aromatic N) is 2. The highest BCUT2D eigenvalue weighted by atomic mass is 19.4. The molecule has 0 bridgehead atoms. The number of hydrogen-bond donors (Lipinski definition) is 0. The van der Waals surface area contributed by atoms with Gasteiger partial charge in [0.25, 0.3) is 0 Å². The van der Waals surface area contributed by atoms with Crippen LogP contribution in [0.4, 0.5) is 28.9 Å². The summed E-state index contributed by atoms with van der Waals surface area (Å²) in [5, 5.41) is 0. The van der Waals surface area contributed by atoms with E-state index in [1.165, 1.54) is 19.2 Å². The highest BCUT2D eigenvalue weighted by Crippen LogP contribution is 2.41. The van der Waals surface area contributed by atoms with Crippen molar-refractivity contribution in [3.05, 3.63) is 113 Å². The summed E-state index contributed by atoms with van der Waals surface area (Å²) < 4.78 is 60.8. The lowest BCUT2D eigenvalue weighted by Crippen LogP contribution is -2.34. The maximum atomic E-state index is 14.7. The number of anilines is 1. The minimum atomic E-state index is -4.53. The Morgan fingerprint density at radius 2 is 1.56 bits per heavy atom. The van der Waals surface area contributed by atoms with E-state index in [9.17, 15) is 17.6 Å². The molecule has 7 heteroatoms. The van der Waals surface area contributed by atoms with Gasteiger partial charge in [-0.1, -0.05) is 66.2 Å². The van der Waals surface area contributed by atoms with E-state index in [1.54, 1.807) is 17.0 Å². The third-order valence-electron chi connectivity index (χ3n) is 6.16. The topological polar surface area (TPSA) is 24.8 Å². The second-order valence-corrected chi connectivity index (χ2v) is 8.60. The van der Waals surface area contributed by atoms with Crippen LogP contribution in [0.1, 0.15) is 22.3 Å². The number of hydrogen-bond acceptors (Lipinski definition) is 3. The summed E-state index contributed by atoms with van der Waals surface area (Å²) in [7, 11) is 1.40. The summed E-state index contributed by atoms with van der Waals surface area (Å²) in [4.78, 5) is 6.22. The number of benzene rings is 4. The molecule has 3 nitrogen and oxygen atoms in total. The molecule has 1 heterocycles. The Bertz CT molecular complexity index is 1460. The number of aliphatic imine (C=N–C) groups is 1. The van der Waals surface area contributed by atoms with Gasteiger partial charge in [0, 0.05) is 11.1 Å². The normalized spacial score (nSPS) is 13.3. The van der Waals surface area contributed by atoms with Crippen molar-refractivity contribution in [2.45, 2.75) is 19.6 Å². The van der Waals surface area contributed by atoms with Crippen molar-refractivity contribution in [1.29, 1.82) is 0 Å².